The number of nitrogens with zero attached hydrogens (tertiary/aromatic N) is 8. The Labute approximate surface area is 169 Å². The molecule has 4 heterocycles. The van der Waals surface area contributed by atoms with E-state index in [0.29, 0.717) is 31.9 Å². The Morgan fingerprint density at radius 2 is 1.41 bits per heavy atom. The van der Waals surface area contributed by atoms with E-state index in [1.54, 1.807) is 41.2 Å². The summed E-state index contributed by atoms with van der Waals surface area (Å²) in [6.45, 7) is 6.80. The summed E-state index contributed by atoms with van der Waals surface area (Å²) in [7, 11) is 0. The number of carbonyl (C=O) groups is 2. The SMILES string of the molecule is CC(=O)N1CCN(C(=O)c2cc(N3CCN(c4ncccn4)CC3)ncn2)CC1. The first-order valence-electron chi connectivity index (χ1n) is 9.75. The molecule has 10 heteroatoms. The summed E-state index contributed by atoms with van der Waals surface area (Å²) in [6.07, 6.45) is 4.93. The molecule has 10 nitrogen and oxygen atoms in total. The summed E-state index contributed by atoms with van der Waals surface area (Å²) in [5.74, 6) is 1.41. The van der Waals surface area contributed by atoms with E-state index in [2.05, 4.69) is 29.7 Å². The molecular formula is C19H24N8O2. The van der Waals surface area contributed by atoms with Crippen LogP contribution < -0.4 is 9.80 Å². The Balaban J connectivity index is 1.38. The van der Waals surface area contributed by atoms with E-state index >= 15 is 0 Å². The molecule has 0 bridgehead atoms. The van der Waals surface area contributed by atoms with E-state index < -0.39 is 0 Å². The number of rotatable bonds is 3. The largest absolute Gasteiger partial charge is 0.353 e. The van der Waals surface area contributed by atoms with E-state index in [4.69, 9.17) is 0 Å². The summed E-state index contributed by atoms with van der Waals surface area (Å²) >= 11 is 0. The first-order valence-corrected chi connectivity index (χ1v) is 9.75. The number of piperazine rings is 2. The monoisotopic (exact) mass is 396 g/mol. The maximum atomic E-state index is 12.8. The summed E-state index contributed by atoms with van der Waals surface area (Å²) in [4.78, 5) is 49.2. The lowest BCUT2D eigenvalue weighted by molar-refractivity contribution is -0.130. The molecule has 2 aromatic rings. The molecule has 0 aromatic carbocycles. The Bertz CT molecular complexity index is 862. The lowest BCUT2D eigenvalue weighted by atomic mass is 10.2. The van der Waals surface area contributed by atoms with Gasteiger partial charge in [-0.05, 0) is 6.07 Å². The number of amides is 2. The molecule has 0 spiro atoms. The van der Waals surface area contributed by atoms with E-state index in [9.17, 15) is 9.59 Å². The average Bonchev–Trinajstić information content (AvgIpc) is 2.79. The van der Waals surface area contributed by atoms with E-state index in [0.717, 1.165) is 37.9 Å². The van der Waals surface area contributed by atoms with Crippen LogP contribution in [0.5, 0.6) is 0 Å². The number of hydrogen-bond donors (Lipinski definition) is 0. The maximum Gasteiger partial charge on any atom is 0.272 e. The minimum absolute atomic E-state index is 0.0430. The third kappa shape index (κ3) is 4.25. The third-order valence-corrected chi connectivity index (χ3v) is 5.32. The Hall–Kier alpha value is -3.30. The topological polar surface area (TPSA) is 98.7 Å². The standard InChI is InChI=1S/C19H24N8O2/c1-15(28)24-5-9-26(10-6-24)18(29)16-13-17(23-14-22-16)25-7-11-27(12-8-25)19-20-3-2-4-21-19/h2-4,13-14H,5-12H2,1H3. The summed E-state index contributed by atoms with van der Waals surface area (Å²) in [6, 6.07) is 3.56. The summed E-state index contributed by atoms with van der Waals surface area (Å²) in [5, 5.41) is 0. The van der Waals surface area contributed by atoms with Crippen LogP contribution in [-0.2, 0) is 4.79 Å². The van der Waals surface area contributed by atoms with Crippen molar-refractivity contribution in [3.8, 4) is 0 Å². The molecule has 2 amide bonds. The molecule has 2 fully saturated rings. The van der Waals surface area contributed by atoms with Gasteiger partial charge in [0.25, 0.3) is 5.91 Å². The molecule has 0 aliphatic carbocycles. The zero-order chi connectivity index (χ0) is 20.2. The Kier molecular flexibility index (Phi) is 5.50. The second-order valence-electron chi connectivity index (χ2n) is 7.08. The van der Waals surface area contributed by atoms with Gasteiger partial charge in [-0.15, -0.1) is 0 Å². The molecule has 2 aliphatic rings. The van der Waals surface area contributed by atoms with Gasteiger partial charge in [-0.3, -0.25) is 9.59 Å². The van der Waals surface area contributed by atoms with Crippen LogP contribution >= 0.6 is 0 Å². The highest BCUT2D eigenvalue weighted by molar-refractivity contribution is 5.93. The average molecular weight is 396 g/mol. The van der Waals surface area contributed by atoms with Crippen LogP contribution in [0, 0.1) is 0 Å². The van der Waals surface area contributed by atoms with Crippen molar-refractivity contribution in [1.29, 1.82) is 0 Å². The number of carbonyl (C=O) groups excluding carboxylic acids is 2. The molecule has 2 saturated heterocycles. The van der Waals surface area contributed by atoms with Gasteiger partial charge in [-0.1, -0.05) is 0 Å². The second kappa shape index (κ2) is 8.38. The normalized spacial score (nSPS) is 17.4. The minimum atomic E-state index is -0.117. The zero-order valence-corrected chi connectivity index (χ0v) is 16.4. The lowest BCUT2D eigenvalue weighted by Crippen LogP contribution is -2.50. The fourth-order valence-electron chi connectivity index (χ4n) is 3.61. The van der Waals surface area contributed by atoms with Gasteiger partial charge in [0.05, 0.1) is 0 Å². The smallest absolute Gasteiger partial charge is 0.272 e. The molecule has 4 rings (SSSR count). The van der Waals surface area contributed by atoms with Crippen LogP contribution in [0.25, 0.3) is 0 Å². The first-order chi connectivity index (χ1) is 14.1. The summed E-state index contributed by atoms with van der Waals surface area (Å²) in [5.41, 5.74) is 0.389. The van der Waals surface area contributed by atoms with E-state index in [-0.39, 0.29) is 11.8 Å². The molecule has 29 heavy (non-hydrogen) atoms. The van der Waals surface area contributed by atoms with Crippen molar-refractivity contribution in [2.75, 3.05) is 62.2 Å². The first kappa shape index (κ1) is 19.0. The van der Waals surface area contributed by atoms with Gasteiger partial charge in [-0.2, -0.15) is 0 Å². The van der Waals surface area contributed by atoms with Crippen LogP contribution in [0.1, 0.15) is 17.4 Å². The predicted molar refractivity (Wildman–Crippen MR) is 107 cm³/mol. The Morgan fingerprint density at radius 1 is 0.793 bits per heavy atom. The molecule has 0 atom stereocenters. The minimum Gasteiger partial charge on any atom is -0.353 e. The Morgan fingerprint density at radius 3 is 2.07 bits per heavy atom. The van der Waals surface area contributed by atoms with Crippen LogP contribution in [0.2, 0.25) is 0 Å². The molecular weight excluding hydrogens is 372 g/mol. The zero-order valence-electron chi connectivity index (χ0n) is 16.4. The van der Waals surface area contributed by atoms with Crippen LogP contribution in [0.3, 0.4) is 0 Å². The highest BCUT2D eigenvalue weighted by Gasteiger charge is 2.25. The maximum absolute atomic E-state index is 12.8. The highest BCUT2D eigenvalue weighted by atomic mass is 16.2. The third-order valence-electron chi connectivity index (χ3n) is 5.32. The second-order valence-corrected chi connectivity index (χ2v) is 7.08. The van der Waals surface area contributed by atoms with Gasteiger partial charge in [0, 0.05) is 77.7 Å². The lowest BCUT2D eigenvalue weighted by Gasteiger charge is -2.35. The molecule has 2 aromatic heterocycles. The van der Waals surface area contributed by atoms with Crippen molar-refractivity contribution in [3.05, 3.63) is 36.5 Å². The van der Waals surface area contributed by atoms with Gasteiger partial charge in [-0.25, -0.2) is 19.9 Å². The number of anilines is 2. The molecule has 0 radical (unpaired) electrons. The quantitative estimate of drug-likeness (QED) is 0.709. The van der Waals surface area contributed by atoms with Crippen molar-refractivity contribution < 1.29 is 9.59 Å². The summed E-state index contributed by atoms with van der Waals surface area (Å²) < 4.78 is 0. The van der Waals surface area contributed by atoms with Gasteiger partial charge in [0.2, 0.25) is 11.9 Å². The predicted octanol–water partition coefficient (Wildman–Crippen LogP) is -0.102. The van der Waals surface area contributed by atoms with Crippen molar-refractivity contribution in [2.45, 2.75) is 6.92 Å². The molecule has 2 aliphatic heterocycles. The van der Waals surface area contributed by atoms with Gasteiger partial charge >= 0.3 is 0 Å². The van der Waals surface area contributed by atoms with Gasteiger partial charge in [0.15, 0.2) is 0 Å². The molecule has 152 valence electrons. The van der Waals surface area contributed by atoms with Gasteiger partial charge in [0.1, 0.15) is 17.8 Å². The van der Waals surface area contributed by atoms with Crippen LogP contribution in [0.15, 0.2) is 30.9 Å². The molecule has 0 N–H and O–H groups in total. The van der Waals surface area contributed by atoms with Crippen molar-refractivity contribution >= 4 is 23.6 Å². The molecule has 0 saturated carbocycles. The van der Waals surface area contributed by atoms with Crippen LogP contribution in [-0.4, -0.2) is 93.9 Å². The van der Waals surface area contributed by atoms with Crippen molar-refractivity contribution in [3.63, 3.8) is 0 Å². The molecule has 0 unspecified atom stereocenters. The van der Waals surface area contributed by atoms with E-state index in [1.807, 2.05) is 0 Å². The fraction of sp³-hybridized carbons (Fsp3) is 0.474. The van der Waals surface area contributed by atoms with Gasteiger partial charge < -0.3 is 19.6 Å². The highest BCUT2D eigenvalue weighted by Crippen LogP contribution is 2.17. The van der Waals surface area contributed by atoms with Crippen molar-refractivity contribution in [2.24, 2.45) is 0 Å². The van der Waals surface area contributed by atoms with Crippen molar-refractivity contribution in [1.82, 2.24) is 29.7 Å². The fourth-order valence-corrected chi connectivity index (χ4v) is 3.61. The number of hydrogen-bond acceptors (Lipinski definition) is 8. The van der Waals surface area contributed by atoms with Crippen LogP contribution in [0.4, 0.5) is 11.8 Å². The van der Waals surface area contributed by atoms with E-state index in [1.165, 1.54) is 6.33 Å². The number of aromatic nitrogens is 4.